The molecule has 32 heavy (non-hydrogen) atoms. The molecule has 1 amide bonds. The van der Waals surface area contributed by atoms with Crippen molar-refractivity contribution in [2.75, 3.05) is 10.6 Å². The van der Waals surface area contributed by atoms with E-state index in [1.807, 2.05) is 54.6 Å². The molecule has 1 aromatic heterocycles. The zero-order valence-electron chi connectivity index (χ0n) is 16.7. The Morgan fingerprint density at radius 3 is 2.47 bits per heavy atom. The monoisotopic (exact) mass is 461 g/mol. The van der Waals surface area contributed by atoms with E-state index in [2.05, 4.69) is 26.8 Å². The first kappa shape index (κ1) is 20.3. The van der Waals surface area contributed by atoms with Gasteiger partial charge in [0.15, 0.2) is 0 Å². The highest BCUT2D eigenvalue weighted by molar-refractivity contribution is 6.31. The maximum Gasteiger partial charge on any atom is 0.258 e. The lowest BCUT2D eigenvalue weighted by atomic mass is 10.0. The lowest BCUT2D eigenvalue weighted by Gasteiger charge is -2.24. The van der Waals surface area contributed by atoms with Crippen LogP contribution in [0.25, 0.3) is 5.70 Å². The zero-order valence-corrected chi connectivity index (χ0v) is 18.2. The van der Waals surface area contributed by atoms with Crippen LogP contribution in [0.3, 0.4) is 0 Å². The number of allylic oxidation sites excluding steroid dienone is 1. The van der Waals surface area contributed by atoms with Crippen LogP contribution in [0.1, 0.15) is 27.5 Å². The van der Waals surface area contributed by atoms with E-state index >= 15 is 0 Å². The van der Waals surface area contributed by atoms with Crippen LogP contribution in [0.5, 0.6) is 0 Å². The number of carbonyl (C=O) groups is 1. The molecule has 2 N–H and O–H groups in total. The number of anilines is 2. The maximum absolute atomic E-state index is 12.6. The van der Waals surface area contributed by atoms with E-state index in [0.717, 1.165) is 16.8 Å². The molecule has 5 rings (SSSR count). The molecule has 0 saturated carbocycles. The van der Waals surface area contributed by atoms with Gasteiger partial charge in [0.05, 0.1) is 0 Å². The van der Waals surface area contributed by atoms with Gasteiger partial charge in [-0.05, 0) is 47.5 Å². The second kappa shape index (κ2) is 8.49. The van der Waals surface area contributed by atoms with Gasteiger partial charge in [0.2, 0.25) is 5.95 Å². The molecule has 0 bridgehead atoms. The number of halogens is 2. The summed E-state index contributed by atoms with van der Waals surface area (Å²) in [4.78, 5) is 17.2. The molecule has 2 heterocycles. The Morgan fingerprint density at radius 2 is 1.72 bits per heavy atom. The summed E-state index contributed by atoms with van der Waals surface area (Å²) in [5.41, 5.74) is 3.34. The van der Waals surface area contributed by atoms with E-state index < -0.39 is 0 Å². The van der Waals surface area contributed by atoms with Gasteiger partial charge in [-0.2, -0.15) is 4.98 Å². The van der Waals surface area contributed by atoms with E-state index in [9.17, 15) is 4.79 Å². The van der Waals surface area contributed by atoms with Crippen LogP contribution in [0.4, 0.5) is 11.9 Å². The van der Waals surface area contributed by atoms with Gasteiger partial charge in [0.25, 0.3) is 11.9 Å². The van der Waals surface area contributed by atoms with Gasteiger partial charge in [-0.25, -0.2) is 4.68 Å². The second-order valence-electron chi connectivity index (χ2n) is 7.24. The highest BCUT2D eigenvalue weighted by atomic mass is 35.5. The largest absolute Gasteiger partial charge is 0.324 e. The number of carbonyl (C=O) groups excluding carboxylic acids is 1. The third-order valence-electron chi connectivity index (χ3n) is 5.07. The summed E-state index contributed by atoms with van der Waals surface area (Å²) < 4.78 is 1.74. The molecule has 0 aliphatic carbocycles. The maximum atomic E-state index is 12.6. The van der Waals surface area contributed by atoms with E-state index in [4.69, 9.17) is 23.2 Å². The molecule has 0 saturated heterocycles. The molecule has 4 aromatic rings. The molecule has 1 aliphatic heterocycles. The van der Waals surface area contributed by atoms with Gasteiger partial charge in [-0.3, -0.25) is 10.1 Å². The number of aromatic nitrogens is 3. The lowest BCUT2D eigenvalue weighted by molar-refractivity contribution is 0.102. The molecule has 1 atom stereocenters. The van der Waals surface area contributed by atoms with Gasteiger partial charge < -0.3 is 5.32 Å². The topological polar surface area (TPSA) is 71.8 Å². The molecule has 0 fully saturated rings. The predicted octanol–water partition coefficient (Wildman–Crippen LogP) is 5.89. The summed E-state index contributed by atoms with van der Waals surface area (Å²) in [6, 6.07) is 24.0. The molecule has 1 aliphatic rings. The molecule has 0 radical (unpaired) electrons. The Balaban J connectivity index is 1.51. The van der Waals surface area contributed by atoms with Crippen LogP contribution in [-0.2, 0) is 0 Å². The smallest absolute Gasteiger partial charge is 0.258 e. The predicted molar refractivity (Wildman–Crippen MR) is 127 cm³/mol. The minimum Gasteiger partial charge on any atom is -0.324 e. The van der Waals surface area contributed by atoms with Crippen molar-refractivity contribution < 1.29 is 4.79 Å². The Kier molecular flexibility index (Phi) is 5.39. The fourth-order valence-corrected chi connectivity index (χ4v) is 3.85. The van der Waals surface area contributed by atoms with Crippen LogP contribution in [0.2, 0.25) is 10.0 Å². The van der Waals surface area contributed by atoms with E-state index in [1.165, 1.54) is 0 Å². The van der Waals surface area contributed by atoms with Crippen molar-refractivity contribution in [3.63, 3.8) is 0 Å². The van der Waals surface area contributed by atoms with Crippen molar-refractivity contribution in [2.24, 2.45) is 0 Å². The van der Waals surface area contributed by atoms with Gasteiger partial charge in [0, 0.05) is 21.3 Å². The lowest BCUT2D eigenvalue weighted by Crippen LogP contribution is -2.20. The van der Waals surface area contributed by atoms with E-state index in [1.54, 1.807) is 28.9 Å². The van der Waals surface area contributed by atoms with Crippen molar-refractivity contribution >= 4 is 46.7 Å². The number of amides is 1. The van der Waals surface area contributed by atoms with Gasteiger partial charge in [-0.1, -0.05) is 71.7 Å². The first-order chi connectivity index (χ1) is 15.6. The minimum atomic E-state index is -0.338. The Hall–Kier alpha value is -3.61. The average Bonchev–Trinajstić information content (AvgIpc) is 3.22. The van der Waals surface area contributed by atoms with Gasteiger partial charge in [-0.15, -0.1) is 5.10 Å². The molecule has 158 valence electrons. The molecular weight excluding hydrogens is 445 g/mol. The van der Waals surface area contributed by atoms with E-state index in [-0.39, 0.29) is 17.9 Å². The molecular formula is C24H17Cl2N5O. The van der Waals surface area contributed by atoms with Crippen LogP contribution < -0.4 is 10.6 Å². The summed E-state index contributed by atoms with van der Waals surface area (Å²) >= 11 is 12.1. The summed E-state index contributed by atoms with van der Waals surface area (Å²) in [5.74, 6) is 0.376. The molecule has 8 heteroatoms. The standard InChI is InChI=1S/C24H17Cl2N5O/c25-18-11-9-16(10-12-18)21-14-20(15-5-2-1-3-6-15)27-24-29-23(30-31(21)24)28-22(32)17-7-4-8-19(26)13-17/h1-14,21H,(H2,27,28,29,30,32)/t21-/m0/s1. The number of nitrogens with one attached hydrogen (secondary N) is 2. The number of hydrogen-bond acceptors (Lipinski definition) is 4. The van der Waals surface area contributed by atoms with Crippen molar-refractivity contribution in [1.29, 1.82) is 0 Å². The number of benzene rings is 3. The number of rotatable bonds is 4. The van der Waals surface area contributed by atoms with Crippen molar-refractivity contribution in [2.45, 2.75) is 6.04 Å². The Labute approximate surface area is 194 Å². The molecule has 0 unspecified atom stereocenters. The Morgan fingerprint density at radius 1 is 0.938 bits per heavy atom. The van der Waals surface area contributed by atoms with Crippen molar-refractivity contribution in [3.8, 4) is 0 Å². The van der Waals surface area contributed by atoms with Gasteiger partial charge >= 0.3 is 0 Å². The van der Waals surface area contributed by atoms with Crippen molar-refractivity contribution in [1.82, 2.24) is 14.8 Å². The summed E-state index contributed by atoms with van der Waals surface area (Å²) in [6.07, 6.45) is 2.07. The SMILES string of the molecule is O=C(Nc1nc2n(n1)[C@H](c1ccc(Cl)cc1)C=C(c1ccccc1)N2)c1cccc(Cl)c1. The second-order valence-corrected chi connectivity index (χ2v) is 8.11. The fraction of sp³-hybridized carbons (Fsp3) is 0.0417. The number of fused-ring (bicyclic) bond motifs is 1. The number of hydrogen-bond donors (Lipinski definition) is 2. The summed E-state index contributed by atoms with van der Waals surface area (Å²) in [6.45, 7) is 0. The quantitative estimate of drug-likeness (QED) is 0.397. The minimum absolute atomic E-state index is 0.194. The van der Waals surface area contributed by atoms with Crippen molar-refractivity contribution in [3.05, 3.63) is 112 Å². The van der Waals surface area contributed by atoms with Crippen LogP contribution in [0.15, 0.2) is 84.9 Å². The zero-order chi connectivity index (χ0) is 22.1. The highest BCUT2D eigenvalue weighted by Gasteiger charge is 2.26. The molecule has 3 aromatic carbocycles. The third kappa shape index (κ3) is 4.10. The van der Waals surface area contributed by atoms with Crippen LogP contribution >= 0.6 is 23.2 Å². The van der Waals surface area contributed by atoms with E-state index in [0.29, 0.717) is 21.6 Å². The summed E-state index contributed by atoms with van der Waals surface area (Å²) in [5, 5.41) is 11.8. The molecule has 0 spiro atoms. The number of nitrogens with zero attached hydrogens (tertiary/aromatic N) is 3. The first-order valence-corrected chi connectivity index (χ1v) is 10.7. The Bertz CT molecular complexity index is 1320. The highest BCUT2D eigenvalue weighted by Crippen LogP contribution is 2.33. The van der Waals surface area contributed by atoms with Crippen LogP contribution in [-0.4, -0.2) is 20.7 Å². The normalized spacial score (nSPS) is 14.8. The third-order valence-corrected chi connectivity index (χ3v) is 5.56. The van der Waals surface area contributed by atoms with Crippen LogP contribution in [0, 0.1) is 0 Å². The summed E-state index contributed by atoms with van der Waals surface area (Å²) in [7, 11) is 0. The first-order valence-electron chi connectivity index (χ1n) is 9.90. The fourth-order valence-electron chi connectivity index (χ4n) is 3.53. The van der Waals surface area contributed by atoms with Gasteiger partial charge in [0.1, 0.15) is 6.04 Å². The molecule has 6 nitrogen and oxygen atoms in total. The average molecular weight is 462 g/mol.